The predicted molar refractivity (Wildman–Crippen MR) is 97.3 cm³/mol. The Morgan fingerprint density at radius 2 is 1.96 bits per heavy atom. The molecule has 0 saturated carbocycles. The highest BCUT2D eigenvalue weighted by Crippen LogP contribution is 2.24. The summed E-state index contributed by atoms with van der Waals surface area (Å²) < 4.78 is 5.54. The first-order valence-corrected chi connectivity index (χ1v) is 8.23. The zero-order valence-corrected chi connectivity index (χ0v) is 15.4. The van der Waals surface area contributed by atoms with Gasteiger partial charge in [0, 0.05) is 13.1 Å². The minimum atomic E-state index is -0.723. The van der Waals surface area contributed by atoms with Gasteiger partial charge in [-0.05, 0) is 29.4 Å². The third kappa shape index (κ3) is 5.45. The third-order valence-electron chi connectivity index (χ3n) is 4.29. The molecule has 6 heteroatoms. The Bertz CT molecular complexity index is 528. The number of nitrogens with two attached hydrogens (primary N) is 1. The number of rotatable bonds is 5. The molecule has 0 bridgehead atoms. The van der Waals surface area contributed by atoms with Gasteiger partial charge in [-0.25, -0.2) is 0 Å². The molecule has 1 heterocycles. The van der Waals surface area contributed by atoms with Crippen molar-refractivity contribution in [3.05, 3.63) is 35.4 Å². The molecule has 0 aliphatic carbocycles. The van der Waals surface area contributed by atoms with Crippen LogP contribution in [0.1, 0.15) is 50.8 Å². The van der Waals surface area contributed by atoms with Crippen molar-refractivity contribution in [2.45, 2.75) is 57.3 Å². The molecule has 1 aromatic carbocycles. The van der Waals surface area contributed by atoms with Gasteiger partial charge in [-0.1, -0.05) is 45.0 Å². The minimum absolute atomic E-state index is 0. The van der Waals surface area contributed by atoms with E-state index in [1.165, 1.54) is 5.56 Å². The first-order chi connectivity index (χ1) is 10.8. The number of nitrogens with one attached hydrogen (secondary N) is 1. The number of hydrogen-bond acceptors (Lipinski definition) is 4. The van der Waals surface area contributed by atoms with E-state index in [4.69, 9.17) is 10.5 Å². The van der Waals surface area contributed by atoms with Crippen molar-refractivity contribution < 1.29 is 14.6 Å². The van der Waals surface area contributed by atoms with Crippen molar-refractivity contribution in [2.75, 3.05) is 13.1 Å². The number of carbonyl (C=O) groups excluding carboxylic acids is 1. The summed E-state index contributed by atoms with van der Waals surface area (Å²) in [6, 6.07) is 7.86. The van der Waals surface area contributed by atoms with Crippen LogP contribution in [0.15, 0.2) is 24.3 Å². The van der Waals surface area contributed by atoms with Gasteiger partial charge in [0.05, 0.1) is 12.2 Å². The second-order valence-corrected chi connectivity index (χ2v) is 7.19. The minimum Gasteiger partial charge on any atom is -0.387 e. The van der Waals surface area contributed by atoms with Crippen molar-refractivity contribution in [1.29, 1.82) is 0 Å². The summed E-state index contributed by atoms with van der Waals surface area (Å²) >= 11 is 0. The molecule has 0 spiro atoms. The van der Waals surface area contributed by atoms with Crippen LogP contribution >= 0.6 is 12.4 Å². The van der Waals surface area contributed by atoms with E-state index in [2.05, 4.69) is 26.1 Å². The standard InChI is InChI=1S/C18H28N2O3.ClH/c1-18(2,3)13-6-4-12(5-7-13)15(21)11-20-17(22)16-9-8-14(10-19)23-16;/h4-7,14-16,21H,8-11,19H2,1-3H3,(H,20,22);1H/t14-,15?,16+;/m1./s1. The van der Waals surface area contributed by atoms with Crippen LogP contribution in [-0.4, -0.2) is 36.3 Å². The van der Waals surface area contributed by atoms with Crippen LogP contribution in [0.5, 0.6) is 0 Å². The fourth-order valence-electron chi connectivity index (χ4n) is 2.71. The molecule has 2 rings (SSSR count). The molecular formula is C18H29ClN2O3. The molecule has 1 unspecified atom stereocenters. The predicted octanol–water partition coefficient (Wildman–Crippen LogP) is 2.06. The average Bonchev–Trinajstić information content (AvgIpc) is 3.00. The van der Waals surface area contributed by atoms with Crippen molar-refractivity contribution in [2.24, 2.45) is 5.73 Å². The summed E-state index contributed by atoms with van der Waals surface area (Å²) in [5.74, 6) is -0.175. The molecule has 0 radical (unpaired) electrons. The number of aliphatic hydroxyl groups excluding tert-OH is 1. The molecule has 1 aliphatic rings. The van der Waals surface area contributed by atoms with E-state index in [0.29, 0.717) is 13.0 Å². The van der Waals surface area contributed by atoms with E-state index in [-0.39, 0.29) is 36.4 Å². The Morgan fingerprint density at radius 3 is 2.46 bits per heavy atom. The van der Waals surface area contributed by atoms with Crippen LogP contribution in [0.3, 0.4) is 0 Å². The van der Waals surface area contributed by atoms with E-state index in [9.17, 15) is 9.90 Å². The number of hydrogen-bond donors (Lipinski definition) is 3. The molecular weight excluding hydrogens is 328 g/mol. The molecule has 0 aromatic heterocycles. The number of ether oxygens (including phenoxy) is 1. The highest BCUT2D eigenvalue weighted by Gasteiger charge is 2.29. The Labute approximate surface area is 150 Å². The van der Waals surface area contributed by atoms with E-state index < -0.39 is 12.2 Å². The first-order valence-electron chi connectivity index (χ1n) is 8.23. The van der Waals surface area contributed by atoms with Gasteiger partial charge in [0.1, 0.15) is 6.10 Å². The number of carbonyl (C=O) groups is 1. The lowest BCUT2D eigenvalue weighted by atomic mass is 9.86. The Hall–Kier alpha value is -1.14. The van der Waals surface area contributed by atoms with Crippen LogP contribution in [0.2, 0.25) is 0 Å². The summed E-state index contributed by atoms with van der Waals surface area (Å²) in [7, 11) is 0. The number of benzene rings is 1. The maximum absolute atomic E-state index is 12.0. The van der Waals surface area contributed by atoms with E-state index in [1.54, 1.807) is 0 Å². The first kappa shape index (κ1) is 20.9. The number of amides is 1. The molecule has 1 fully saturated rings. The Morgan fingerprint density at radius 1 is 1.33 bits per heavy atom. The quantitative estimate of drug-likeness (QED) is 0.754. The molecule has 5 nitrogen and oxygen atoms in total. The number of aliphatic hydroxyl groups is 1. The molecule has 1 saturated heterocycles. The van der Waals surface area contributed by atoms with Crippen molar-refractivity contribution in [3.63, 3.8) is 0 Å². The Balaban J connectivity index is 0.00000288. The number of halogens is 1. The van der Waals surface area contributed by atoms with E-state index in [1.807, 2.05) is 24.3 Å². The van der Waals surface area contributed by atoms with Gasteiger partial charge < -0.3 is 20.9 Å². The topological polar surface area (TPSA) is 84.6 Å². The fourth-order valence-corrected chi connectivity index (χ4v) is 2.71. The van der Waals surface area contributed by atoms with Gasteiger partial charge in [-0.15, -0.1) is 12.4 Å². The van der Waals surface area contributed by atoms with Gasteiger partial charge in [-0.3, -0.25) is 4.79 Å². The molecule has 136 valence electrons. The van der Waals surface area contributed by atoms with Crippen molar-refractivity contribution >= 4 is 18.3 Å². The Kier molecular flexibility index (Phi) is 7.67. The summed E-state index contributed by atoms with van der Waals surface area (Å²) in [5, 5.41) is 13.0. The van der Waals surface area contributed by atoms with Gasteiger partial charge in [0.25, 0.3) is 0 Å². The highest BCUT2D eigenvalue weighted by molar-refractivity contribution is 5.85. The van der Waals surface area contributed by atoms with Crippen LogP contribution < -0.4 is 11.1 Å². The smallest absolute Gasteiger partial charge is 0.249 e. The lowest BCUT2D eigenvalue weighted by Crippen LogP contribution is -2.37. The van der Waals surface area contributed by atoms with Gasteiger partial charge >= 0.3 is 0 Å². The van der Waals surface area contributed by atoms with Crippen molar-refractivity contribution in [3.8, 4) is 0 Å². The van der Waals surface area contributed by atoms with Gasteiger partial charge in [0.15, 0.2) is 0 Å². The molecule has 1 aliphatic heterocycles. The summed E-state index contributed by atoms with van der Waals surface area (Å²) in [4.78, 5) is 12.0. The lowest BCUT2D eigenvalue weighted by Gasteiger charge is -2.20. The van der Waals surface area contributed by atoms with Crippen LogP contribution in [-0.2, 0) is 14.9 Å². The third-order valence-corrected chi connectivity index (χ3v) is 4.29. The molecule has 24 heavy (non-hydrogen) atoms. The van der Waals surface area contributed by atoms with Gasteiger partial charge in [0.2, 0.25) is 5.91 Å². The second kappa shape index (κ2) is 8.81. The zero-order chi connectivity index (χ0) is 17.0. The molecule has 1 aromatic rings. The van der Waals surface area contributed by atoms with Crippen LogP contribution in [0.4, 0.5) is 0 Å². The monoisotopic (exact) mass is 356 g/mol. The summed E-state index contributed by atoms with van der Waals surface area (Å²) in [5.41, 5.74) is 7.63. The fraction of sp³-hybridized carbons (Fsp3) is 0.611. The SMILES string of the molecule is CC(C)(C)c1ccc(C(O)CNC(=O)[C@@H]2CC[C@H](CN)O2)cc1.Cl. The maximum atomic E-state index is 12.0. The summed E-state index contributed by atoms with van der Waals surface area (Å²) in [6.07, 6.45) is 0.300. The zero-order valence-electron chi connectivity index (χ0n) is 14.6. The summed E-state index contributed by atoms with van der Waals surface area (Å²) in [6.45, 7) is 7.06. The van der Waals surface area contributed by atoms with Gasteiger partial charge in [-0.2, -0.15) is 0 Å². The largest absolute Gasteiger partial charge is 0.387 e. The van der Waals surface area contributed by atoms with E-state index in [0.717, 1.165) is 12.0 Å². The molecule has 3 atom stereocenters. The van der Waals surface area contributed by atoms with E-state index >= 15 is 0 Å². The molecule has 4 N–H and O–H groups in total. The molecule has 1 amide bonds. The average molecular weight is 357 g/mol. The van der Waals surface area contributed by atoms with Crippen molar-refractivity contribution in [1.82, 2.24) is 5.32 Å². The van der Waals surface area contributed by atoms with Crippen LogP contribution in [0.25, 0.3) is 0 Å². The highest BCUT2D eigenvalue weighted by atomic mass is 35.5. The second-order valence-electron chi connectivity index (χ2n) is 7.19. The normalized spacial score (nSPS) is 21.9. The maximum Gasteiger partial charge on any atom is 0.249 e. The van der Waals surface area contributed by atoms with Crippen LogP contribution in [0, 0.1) is 0 Å². The lowest BCUT2D eigenvalue weighted by molar-refractivity contribution is -0.132.